The number of benzene rings is 2. The molecule has 0 radical (unpaired) electrons. The predicted octanol–water partition coefficient (Wildman–Crippen LogP) is 4.04. The number of aromatic amines is 1. The lowest BCUT2D eigenvalue weighted by molar-refractivity contribution is -0.118. The maximum atomic E-state index is 12.2. The summed E-state index contributed by atoms with van der Waals surface area (Å²) in [5.74, 6) is 0.522. The third kappa shape index (κ3) is 4.89. The number of sulfonamides is 1. The van der Waals surface area contributed by atoms with E-state index in [0.29, 0.717) is 25.6 Å². The zero-order valence-electron chi connectivity index (χ0n) is 18.7. The average molecular weight is 454 g/mol. The molecule has 1 amide bonds. The highest BCUT2D eigenvalue weighted by atomic mass is 32.2. The van der Waals surface area contributed by atoms with Crippen LogP contribution in [-0.4, -0.2) is 49.0 Å². The molecular weight excluding hydrogens is 422 g/mol. The molecule has 7 heteroatoms. The number of carbonyl (C=O) groups excluding carboxylic acids is 1. The number of piperidine rings is 1. The number of rotatable bonds is 7. The van der Waals surface area contributed by atoms with Crippen molar-refractivity contribution in [2.24, 2.45) is 0 Å². The Morgan fingerprint density at radius 2 is 1.78 bits per heavy atom. The Kier molecular flexibility index (Phi) is 6.67. The summed E-state index contributed by atoms with van der Waals surface area (Å²) in [6, 6.07) is 15.0. The van der Waals surface area contributed by atoms with Crippen molar-refractivity contribution >= 4 is 26.8 Å². The molecule has 0 atom stereocenters. The van der Waals surface area contributed by atoms with Crippen LogP contribution in [0.2, 0.25) is 0 Å². The molecule has 0 saturated carbocycles. The molecule has 170 valence electrons. The summed E-state index contributed by atoms with van der Waals surface area (Å²) in [5, 5.41) is 4.05. The lowest BCUT2D eigenvalue weighted by atomic mass is 9.89. The van der Waals surface area contributed by atoms with Gasteiger partial charge >= 0.3 is 0 Å². The first kappa shape index (κ1) is 22.6. The second kappa shape index (κ2) is 9.46. The van der Waals surface area contributed by atoms with Gasteiger partial charge in [-0.05, 0) is 66.5 Å². The van der Waals surface area contributed by atoms with Gasteiger partial charge in [-0.15, -0.1) is 0 Å². The summed E-state index contributed by atoms with van der Waals surface area (Å²) >= 11 is 0. The molecule has 2 N–H and O–H groups in total. The second-order valence-corrected chi connectivity index (χ2v) is 10.8. The summed E-state index contributed by atoms with van der Waals surface area (Å²) in [4.78, 5) is 14.4. The van der Waals surface area contributed by atoms with Crippen LogP contribution in [-0.2, 0) is 21.2 Å². The van der Waals surface area contributed by atoms with Gasteiger partial charge in [-0.3, -0.25) is 4.79 Å². The summed E-state index contributed by atoms with van der Waals surface area (Å²) in [7, 11) is -3.11. The van der Waals surface area contributed by atoms with Crippen LogP contribution >= 0.6 is 0 Å². The number of amides is 1. The summed E-state index contributed by atoms with van der Waals surface area (Å²) in [6.07, 6.45) is 4.60. The molecule has 4 rings (SSSR count). The zero-order valence-corrected chi connectivity index (χ0v) is 19.5. The molecule has 0 unspecified atom stereocenters. The van der Waals surface area contributed by atoms with E-state index in [9.17, 15) is 13.2 Å². The van der Waals surface area contributed by atoms with E-state index < -0.39 is 10.0 Å². The van der Waals surface area contributed by atoms with Gasteiger partial charge in [0.15, 0.2) is 0 Å². The Bertz CT molecular complexity index is 1190. The van der Waals surface area contributed by atoms with Crippen LogP contribution < -0.4 is 5.32 Å². The molecule has 0 bridgehead atoms. The molecule has 6 nitrogen and oxygen atoms in total. The molecule has 32 heavy (non-hydrogen) atoms. The minimum atomic E-state index is -3.11. The number of hydrogen-bond donors (Lipinski definition) is 2. The van der Waals surface area contributed by atoms with Crippen molar-refractivity contribution in [3.63, 3.8) is 0 Å². The lowest BCUT2D eigenvalue weighted by Crippen LogP contribution is -2.38. The fourth-order valence-electron chi connectivity index (χ4n) is 4.53. The molecular formula is C25H31N3O3S. The molecule has 2 aromatic carbocycles. The number of hydrogen-bond acceptors (Lipinski definition) is 3. The Labute approximate surface area is 190 Å². The van der Waals surface area contributed by atoms with Crippen LogP contribution in [0.3, 0.4) is 0 Å². The zero-order chi connectivity index (χ0) is 22.7. The highest BCUT2D eigenvalue weighted by molar-refractivity contribution is 7.89. The fraction of sp³-hybridized carbons (Fsp3) is 0.400. The number of nitrogens with one attached hydrogen (secondary N) is 2. The highest BCUT2D eigenvalue weighted by Crippen LogP contribution is 2.35. The van der Waals surface area contributed by atoms with Crippen molar-refractivity contribution in [3.8, 4) is 11.1 Å². The van der Waals surface area contributed by atoms with Crippen molar-refractivity contribution in [1.82, 2.24) is 14.6 Å². The van der Waals surface area contributed by atoms with E-state index in [1.54, 1.807) is 11.2 Å². The van der Waals surface area contributed by atoms with Crippen LogP contribution in [0.5, 0.6) is 0 Å². The molecule has 1 aliphatic rings. The van der Waals surface area contributed by atoms with E-state index in [-0.39, 0.29) is 11.7 Å². The highest BCUT2D eigenvalue weighted by Gasteiger charge is 2.28. The first-order chi connectivity index (χ1) is 15.4. The lowest BCUT2D eigenvalue weighted by Gasteiger charge is -2.30. The van der Waals surface area contributed by atoms with Gasteiger partial charge in [-0.1, -0.05) is 30.3 Å². The molecule has 3 aromatic rings. The van der Waals surface area contributed by atoms with Gasteiger partial charge in [0.05, 0.1) is 5.75 Å². The first-order valence-corrected chi connectivity index (χ1v) is 12.9. The summed E-state index contributed by atoms with van der Waals surface area (Å²) in [6.45, 7) is 5.06. The molecule has 2 heterocycles. The van der Waals surface area contributed by atoms with E-state index in [2.05, 4.69) is 59.0 Å². The van der Waals surface area contributed by atoms with Crippen molar-refractivity contribution in [2.75, 3.05) is 25.4 Å². The van der Waals surface area contributed by atoms with Gasteiger partial charge in [-0.2, -0.15) is 0 Å². The topological polar surface area (TPSA) is 82.3 Å². The van der Waals surface area contributed by atoms with Crippen LogP contribution in [0.25, 0.3) is 22.0 Å². The number of aromatic nitrogens is 1. The molecule has 0 aliphatic carbocycles. The molecule has 1 aromatic heterocycles. The maximum Gasteiger partial charge on any atom is 0.216 e. The van der Waals surface area contributed by atoms with E-state index in [1.165, 1.54) is 23.4 Å². The van der Waals surface area contributed by atoms with Gasteiger partial charge in [0.2, 0.25) is 15.9 Å². The quantitative estimate of drug-likeness (QED) is 0.566. The summed E-state index contributed by atoms with van der Waals surface area (Å²) < 4.78 is 26.0. The van der Waals surface area contributed by atoms with Crippen LogP contribution in [0.1, 0.15) is 43.7 Å². The molecule has 1 aliphatic heterocycles. The first-order valence-electron chi connectivity index (χ1n) is 11.3. The average Bonchev–Trinajstić information content (AvgIpc) is 3.23. The third-order valence-corrected chi connectivity index (χ3v) is 8.32. The third-order valence-electron chi connectivity index (χ3n) is 6.44. The SMILES string of the molecule is CCS(=O)(=O)N1CCC(c2c[nH]c3ccc(-c4ccc(CCNC(C)=O)cc4)cc23)CC1. The van der Waals surface area contributed by atoms with Crippen LogP contribution in [0.15, 0.2) is 48.7 Å². The van der Waals surface area contributed by atoms with E-state index in [0.717, 1.165) is 35.9 Å². The van der Waals surface area contributed by atoms with Gasteiger partial charge in [0, 0.05) is 43.7 Å². The minimum Gasteiger partial charge on any atom is -0.361 e. The Morgan fingerprint density at radius 3 is 2.44 bits per heavy atom. The Morgan fingerprint density at radius 1 is 1.09 bits per heavy atom. The monoisotopic (exact) mass is 453 g/mol. The van der Waals surface area contributed by atoms with Gasteiger partial charge < -0.3 is 10.3 Å². The second-order valence-electron chi connectivity index (χ2n) is 8.51. The van der Waals surface area contributed by atoms with E-state index >= 15 is 0 Å². The maximum absolute atomic E-state index is 12.2. The number of H-pyrrole nitrogens is 1. The van der Waals surface area contributed by atoms with Gasteiger partial charge in [0.25, 0.3) is 0 Å². The number of nitrogens with zero attached hydrogens (tertiary/aromatic N) is 1. The van der Waals surface area contributed by atoms with Crippen molar-refractivity contribution in [2.45, 2.75) is 39.0 Å². The van der Waals surface area contributed by atoms with Gasteiger partial charge in [-0.25, -0.2) is 12.7 Å². The molecule has 0 spiro atoms. The fourth-order valence-corrected chi connectivity index (χ4v) is 5.67. The number of carbonyl (C=O) groups is 1. The van der Waals surface area contributed by atoms with Crippen molar-refractivity contribution in [3.05, 3.63) is 59.8 Å². The van der Waals surface area contributed by atoms with E-state index in [1.807, 2.05) is 0 Å². The molecule has 1 saturated heterocycles. The van der Waals surface area contributed by atoms with Crippen LogP contribution in [0, 0.1) is 0 Å². The molecule has 1 fully saturated rings. The largest absolute Gasteiger partial charge is 0.361 e. The van der Waals surface area contributed by atoms with Gasteiger partial charge in [0.1, 0.15) is 0 Å². The normalized spacial score (nSPS) is 15.8. The smallest absolute Gasteiger partial charge is 0.216 e. The Balaban J connectivity index is 1.50. The van der Waals surface area contributed by atoms with E-state index in [4.69, 9.17) is 0 Å². The minimum absolute atomic E-state index is 0.00473. The van der Waals surface area contributed by atoms with Crippen LogP contribution in [0.4, 0.5) is 0 Å². The number of fused-ring (bicyclic) bond motifs is 1. The predicted molar refractivity (Wildman–Crippen MR) is 129 cm³/mol. The van der Waals surface area contributed by atoms with Crippen molar-refractivity contribution < 1.29 is 13.2 Å². The standard InChI is InChI=1S/C25H31N3O3S/c1-3-32(30,31)28-14-11-21(12-15-28)24-17-27-25-9-8-22(16-23(24)25)20-6-4-19(5-7-20)10-13-26-18(2)29/h4-9,16-17,21,27H,3,10-15H2,1-2H3,(H,26,29). The Hall–Kier alpha value is -2.64. The summed E-state index contributed by atoms with van der Waals surface area (Å²) in [5.41, 5.74) is 5.91. The van der Waals surface area contributed by atoms with Crippen molar-refractivity contribution in [1.29, 1.82) is 0 Å².